The number of amides is 1. The molecule has 2 aromatic carbocycles. The van der Waals surface area contributed by atoms with E-state index >= 15 is 0 Å². The lowest BCUT2D eigenvalue weighted by Crippen LogP contribution is -2.14. The van der Waals surface area contributed by atoms with Gasteiger partial charge in [-0.15, -0.1) is 0 Å². The van der Waals surface area contributed by atoms with E-state index in [-0.39, 0.29) is 5.91 Å². The second-order valence-corrected chi connectivity index (χ2v) is 5.60. The number of hydrogen-bond donors (Lipinski definition) is 1. The van der Waals surface area contributed by atoms with Gasteiger partial charge in [-0.05, 0) is 43.0 Å². The first-order valence-corrected chi connectivity index (χ1v) is 7.75. The fourth-order valence-electron chi connectivity index (χ4n) is 2.85. The van der Waals surface area contributed by atoms with Gasteiger partial charge in [0, 0.05) is 5.56 Å². The Labute approximate surface area is 131 Å². The summed E-state index contributed by atoms with van der Waals surface area (Å²) in [5.74, 6) is -0.117. The number of nitrogens with zero attached hydrogens (tertiary/aromatic N) is 1. The average Bonchev–Trinajstić information content (AvgIpc) is 2.83. The molecule has 1 aliphatic rings. The molecule has 0 saturated carbocycles. The van der Waals surface area contributed by atoms with Crippen molar-refractivity contribution in [3.63, 3.8) is 0 Å². The molecule has 3 nitrogen and oxygen atoms in total. The minimum Gasteiger partial charge on any atom is -0.320 e. The van der Waals surface area contributed by atoms with Crippen LogP contribution in [0.25, 0.3) is 0 Å². The van der Waals surface area contributed by atoms with Crippen molar-refractivity contribution in [2.45, 2.75) is 33.6 Å². The maximum atomic E-state index is 12.3. The number of anilines is 1. The number of carbonyl (C=O) groups excluding carboxylic acids is 1. The van der Waals surface area contributed by atoms with Crippen LogP contribution in [0, 0.1) is 6.92 Å². The van der Waals surface area contributed by atoms with Gasteiger partial charge in [0.25, 0.3) is 5.91 Å². The minimum atomic E-state index is -0.117. The molecular weight excluding hydrogens is 272 g/mol. The predicted molar refractivity (Wildman–Crippen MR) is 91.2 cm³/mol. The Balaban J connectivity index is 2.18. The highest BCUT2D eigenvalue weighted by Gasteiger charge is 2.26. The molecule has 22 heavy (non-hydrogen) atoms. The van der Waals surface area contributed by atoms with Gasteiger partial charge in [-0.1, -0.05) is 43.7 Å². The van der Waals surface area contributed by atoms with Crippen molar-refractivity contribution >= 4 is 23.0 Å². The van der Waals surface area contributed by atoms with Gasteiger partial charge in [-0.2, -0.15) is 0 Å². The van der Waals surface area contributed by atoms with Crippen LogP contribution in [0.2, 0.25) is 0 Å². The number of benzene rings is 2. The summed E-state index contributed by atoms with van der Waals surface area (Å²) < 4.78 is 0. The second-order valence-electron chi connectivity index (χ2n) is 5.60. The normalized spacial score (nSPS) is 15.0. The van der Waals surface area contributed by atoms with Crippen LogP contribution in [0.15, 0.2) is 41.4 Å². The summed E-state index contributed by atoms with van der Waals surface area (Å²) in [4.78, 5) is 17.1. The van der Waals surface area contributed by atoms with E-state index in [1.807, 2.05) is 25.1 Å². The summed E-state index contributed by atoms with van der Waals surface area (Å²) in [5, 5.41) is 2.90. The third kappa shape index (κ3) is 2.43. The number of nitrogens with one attached hydrogen (secondary N) is 1. The van der Waals surface area contributed by atoms with Crippen LogP contribution in [-0.4, -0.2) is 11.6 Å². The Morgan fingerprint density at radius 2 is 1.73 bits per heavy atom. The van der Waals surface area contributed by atoms with Gasteiger partial charge in [0.1, 0.15) is 5.71 Å². The van der Waals surface area contributed by atoms with Crippen molar-refractivity contribution in [3.05, 3.63) is 58.7 Å². The number of aryl methyl sites for hydroxylation is 3. The molecule has 1 N–H and O–H groups in total. The van der Waals surface area contributed by atoms with E-state index in [9.17, 15) is 4.79 Å². The summed E-state index contributed by atoms with van der Waals surface area (Å²) in [6.07, 6.45) is 1.81. The number of para-hydroxylation sites is 1. The standard InChI is InChI=1S/C19H20N2O/c1-4-13-7-6-8-14(5-2)17(13)21-18-15-11-12(3)9-10-16(15)20-19(18)22/h6-11H,4-5H2,1-3H3,(H,20,21,22). The number of aliphatic imine (C=N–C) groups is 1. The number of carbonyl (C=O) groups is 1. The highest BCUT2D eigenvalue weighted by molar-refractivity contribution is 6.54. The molecule has 0 atom stereocenters. The lowest BCUT2D eigenvalue weighted by atomic mass is 10.0. The topological polar surface area (TPSA) is 41.5 Å². The first-order chi connectivity index (χ1) is 10.6. The fourth-order valence-corrected chi connectivity index (χ4v) is 2.85. The van der Waals surface area contributed by atoms with Crippen LogP contribution >= 0.6 is 0 Å². The molecule has 3 heteroatoms. The Morgan fingerprint density at radius 1 is 1.05 bits per heavy atom. The van der Waals surface area contributed by atoms with Gasteiger partial charge >= 0.3 is 0 Å². The second kappa shape index (κ2) is 5.76. The van der Waals surface area contributed by atoms with E-state index in [1.165, 1.54) is 11.1 Å². The van der Waals surface area contributed by atoms with Crippen LogP contribution in [0.4, 0.5) is 11.4 Å². The van der Waals surface area contributed by atoms with Gasteiger partial charge in [0.15, 0.2) is 0 Å². The van der Waals surface area contributed by atoms with E-state index in [1.54, 1.807) is 0 Å². The van der Waals surface area contributed by atoms with E-state index in [2.05, 4.69) is 37.4 Å². The van der Waals surface area contributed by atoms with Crippen LogP contribution in [-0.2, 0) is 17.6 Å². The van der Waals surface area contributed by atoms with E-state index in [0.717, 1.165) is 35.3 Å². The molecule has 0 unspecified atom stereocenters. The SMILES string of the molecule is CCc1cccc(CC)c1N=C1C(=O)Nc2ccc(C)cc21. The highest BCUT2D eigenvalue weighted by atomic mass is 16.2. The lowest BCUT2D eigenvalue weighted by molar-refractivity contribution is -0.110. The van der Waals surface area contributed by atoms with Crippen molar-refractivity contribution in [1.29, 1.82) is 0 Å². The molecule has 1 amide bonds. The van der Waals surface area contributed by atoms with Crippen LogP contribution in [0.5, 0.6) is 0 Å². The van der Waals surface area contributed by atoms with Crippen molar-refractivity contribution in [2.24, 2.45) is 4.99 Å². The van der Waals surface area contributed by atoms with Crippen molar-refractivity contribution in [1.82, 2.24) is 0 Å². The average molecular weight is 292 g/mol. The zero-order chi connectivity index (χ0) is 15.7. The van der Waals surface area contributed by atoms with Crippen LogP contribution in [0.1, 0.15) is 36.1 Å². The summed E-state index contributed by atoms with van der Waals surface area (Å²) in [6, 6.07) is 12.2. The molecule has 3 rings (SSSR count). The largest absolute Gasteiger partial charge is 0.320 e. The van der Waals surface area contributed by atoms with Crippen LogP contribution < -0.4 is 5.32 Å². The maximum absolute atomic E-state index is 12.3. The summed E-state index contributed by atoms with van der Waals surface area (Å²) in [7, 11) is 0. The molecule has 0 radical (unpaired) electrons. The molecule has 1 aliphatic heterocycles. The van der Waals surface area contributed by atoms with Gasteiger partial charge in [0.2, 0.25) is 0 Å². The quantitative estimate of drug-likeness (QED) is 0.905. The van der Waals surface area contributed by atoms with Crippen molar-refractivity contribution in [2.75, 3.05) is 5.32 Å². The summed E-state index contributed by atoms with van der Waals surface area (Å²) in [6.45, 7) is 6.26. The van der Waals surface area contributed by atoms with Gasteiger partial charge in [-0.3, -0.25) is 4.79 Å². The smallest absolute Gasteiger partial charge is 0.275 e. The zero-order valence-electron chi connectivity index (χ0n) is 13.2. The Morgan fingerprint density at radius 3 is 2.36 bits per heavy atom. The van der Waals surface area contributed by atoms with Gasteiger partial charge in [-0.25, -0.2) is 4.99 Å². The van der Waals surface area contributed by atoms with E-state index in [4.69, 9.17) is 4.99 Å². The molecule has 0 bridgehead atoms. The maximum Gasteiger partial charge on any atom is 0.275 e. The van der Waals surface area contributed by atoms with Gasteiger partial charge < -0.3 is 5.32 Å². The van der Waals surface area contributed by atoms with Gasteiger partial charge in [0.05, 0.1) is 11.4 Å². The molecule has 1 heterocycles. The predicted octanol–water partition coefficient (Wildman–Crippen LogP) is 4.19. The number of fused-ring (bicyclic) bond motifs is 1. The summed E-state index contributed by atoms with van der Waals surface area (Å²) in [5.41, 5.74) is 6.71. The Bertz CT molecular complexity index is 753. The molecule has 0 aliphatic carbocycles. The number of hydrogen-bond acceptors (Lipinski definition) is 2. The minimum absolute atomic E-state index is 0.117. The zero-order valence-corrected chi connectivity index (χ0v) is 13.2. The molecule has 0 fully saturated rings. The first kappa shape index (κ1) is 14.5. The van der Waals surface area contributed by atoms with Crippen LogP contribution in [0.3, 0.4) is 0 Å². The van der Waals surface area contributed by atoms with Crippen molar-refractivity contribution < 1.29 is 4.79 Å². The molecule has 0 spiro atoms. The number of rotatable bonds is 3. The Kier molecular flexibility index (Phi) is 3.80. The molecule has 112 valence electrons. The van der Waals surface area contributed by atoms with E-state index in [0.29, 0.717) is 5.71 Å². The fraction of sp³-hybridized carbons (Fsp3) is 0.263. The lowest BCUT2D eigenvalue weighted by Gasteiger charge is -2.09. The molecule has 0 saturated heterocycles. The Hall–Kier alpha value is -2.42. The third-order valence-corrected chi connectivity index (χ3v) is 4.08. The van der Waals surface area contributed by atoms with Crippen molar-refractivity contribution in [3.8, 4) is 0 Å². The summed E-state index contributed by atoms with van der Waals surface area (Å²) >= 11 is 0. The molecule has 0 aromatic heterocycles. The van der Waals surface area contributed by atoms with E-state index < -0.39 is 0 Å². The molecular formula is C19H20N2O. The first-order valence-electron chi connectivity index (χ1n) is 7.75. The highest BCUT2D eigenvalue weighted by Crippen LogP contribution is 2.30. The monoisotopic (exact) mass is 292 g/mol. The molecule has 2 aromatic rings. The third-order valence-electron chi connectivity index (χ3n) is 4.08.